The minimum atomic E-state index is -1.02. The van der Waals surface area contributed by atoms with Gasteiger partial charge >= 0.3 is 5.97 Å². The first kappa shape index (κ1) is 14.5. The highest BCUT2D eigenvalue weighted by molar-refractivity contribution is 9.10. The second-order valence-electron chi connectivity index (χ2n) is 3.77. The summed E-state index contributed by atoms with van der Waals surface area (Å²) in [6, 6.07) is 6.10. The van der Waals surface area contributed by atoms with Crippen LogP contribution < -0.4 is 10.1 Å². The van der Waals surface area contributed by atoms with Crippen LogP contribution in [0.3, 0.4) is 0 Å². The number of halogens is 1. The Kier molecular flexibility index (Phi) is 4.41. The molecule has 20 heavy (non-hydrogen) atoms. The number of thiophene rings is 1. The normalized spacial score (nSPS) is 10.1. The van der Waals surface area contributed by atoms with Crippen molar-refractivity contribution in [1.29, 1.82) is 0 Å². The third-order valence-corrected chi connectivity index (χ3v) is 4.07. The van der Waals surface area contributed by atoms with Gasteiger partial charge in [0.05, 0.1) is 18.4 Å². The van der Waals surface area contributed by atoms with E-state index in [9.17, 15) is 9.59 Å². The molecule has 1 aromatic heterocycles. The van der Waals surface area contributed by atoms with Gasteiger partial charge in [-0.05, 0) is 45.6 Å². The minimum absolute atomic E-state index is 0.142. The van der Waals surface area contributed by atoms with Crippen molar-refractivity contribution in [3.05, 3.63) is 44.6 Å². The Morgan fingerprint density at radius 1 is 1.35 bits per heavy atom. The number of nitrogens with one attached hydrogen (secondary N) is 1. The van der Waals surface area contributed by atoms with Crippen LogP contribution in [0.5, 0.6) is 5.75 Å². The fourth-order valence-corrected chi connectivity index (χ4v) is 2.78. The molecule has 2 rings (SSSR count). The highest BCUT2D eigenvalue weighted by atomic mass is 79.9. The molecule has 1 aromatic carbocycles. The average Bonchev–Trinajstić information content (AvgIpc) is 2.89. The third-order valence-electron chi connectivity index (χ3n) is 2.52. The maximum atomic E-state index is 12.1. The van der Waals surface area contributed by atoms with Crippen LogP contribution in [0.4, 0.5) is 5.69 Å². The summed E-state index contributed by atoms with van der Waals surface area (Å²) in [4.78, 5) is 23.4. The van der Waals surface area contributed by atoms with Gasteiger partial charge in [0.1, 0.15) is 10.6 Å². The Labute approximate surface area is 127 Å². The summed E-state index contributed by atoms with van der Waals surface area (Å²) in [5, 5.41) is 13.3. The molecule has 0 fully saturated rings. The lowest BCUT2D eigenvalue weighted by Gasteiger charge is -2.08. The summed E-state index contributed by atoms with van der Waals surface area (Å²) >= 11 is 4.51. The molecule has 0 radical (unpaired) electrons. The molecule has 2 N–H and O–H groups in total. The second kappa shape index (κ2) is 6.06. The standard InChI is InChI=1S/C13H10BrNO4S/c1-19-10-4-5-20-11(10)12(16)15-9-3-2-7(13(17)18)6-8(9)14/h2-6H,1H3,(H,15,16)(H,17,18). The Hall–Kier alpha value is -1.86. The molecule has 1 amide bonds. The molecule has 0 unspecified atom stereocenters. The van der Waals surface area contributed by atoms with Crippen LogP contribution in [0.15, 0.2) is 34.1 Å². The number of carbonyl (C=O) groups is 2. The van der Waals surface area contributed by atoms with Crippen LogP contribution in [-0.4, -0.2) is 24.1 Å². The molecule has 0 saturated heterocycles. The SMILES string of the molecule is COc1ccsc1C(=O)Nc1ccc(C(=O)O)cc1Br. The van der Waals surface area contributed by atoms with E-state index in [4.69, 9.17) is 9.84 Å². The molecule has 0 aliphatic carbocycles. The Morgan fingerprint density at radius 2 is 2.10 bits per heavy atom. The molecule has 7 heteroatoms. The topological polar surface area (TPSA) is 75.6 Å². The first-order valence-corrected chi connectivity index (χ1v) is 7.16. The number of carboxylic acids is 1. The second-order valence-corrected chi connectivity index (χ2v) is 5.54. The highest BCUT2D eigenvalue weighted by Gasteiger charge is 2.15. The number of carboxylic acid groups (broad SMARTS) is 1. The zero-order valence-electron chi connectivity index (χ0n) is 10.3. The summed E-state index contributed by atoms with van der Waals surface area (Å²) in [6.07, 6.45) is 0. The number of carbonyl (C=O) groups excluding carboxylic acids is 1. The monoisotopic (exact) mass is 355 g/mol. The van der Waals surface area contributed by atoms with Gasteiger partial charge in [-0.15, -0.1) is 11.3 Å². The van der Waals surface area contributed by atoms with Crippen molar-refractivity contribution >= 4 is 44.8 Å². The van der Waals surface area contributed by atoms with Gasteiger partial charge in [-0.1, -0.05) is 0 Å². The number of amides is 1. The van der Waals surface area contributed by atoms with Crippen LogP contribution in [0.1, 0.15) is 20.0 Å². The molecular weight excluding hydrogens is 346 g/mol. The predicted molar refractivity (Wildman–Crippen MR) is 79.9 cm³/mol. The van der Waals surface area contributed by atoms with Gasteiger partial charge in [0, 0.05) is 4.47 Å². The van der Waals surface area contributed by atoms with Crippen LogP contribution in [0, 0.1) is 0 Å². The number of hydrogen-bond donors (Lipinski definition) is 2. The largest absolute Gasteiger partial charge is 0.495 e. The van der Waals surface area contributed by atoms with E-state index >= 15 is 0 Å². The van der Waals surface area contributed by atoms with Gasteiger partial charge in [0.15, 0.2) is 0 Å². The first-order chi connectivity index (χ1) is 9.52. The smallest absolute Gasteiger partial charge is 0.335 e. The lowest BCUT2D eigenvalue weighted by atomic mass is 10.2. The predicted octanol–water partition coefficient (Wildman–Crippen LogP) is 3.47. The molecule has 0 aliphatic heterocycles. The van der Waals surface area contributed by atoms with Gasteiger partial charge < -0.3 is 15.2 Å². The lowest BCUT2D eigenvalue weighted by Crippen LogP contribution is -2.12. The van der Waals surface area contributed by atoms with E-state index in [1.165, 1.54) is 36.6 Å². The molecule has 0 saturated carbocycles. The van der Waals surface area contributed by atoms with Crippen molar-refractivity contribution in [2.45, 2.75) is 0 Å². The van der Waals surface area contributed by atoms with E-state index in [1.807, 2.05) is 0 Å². The average molecular weight is 356 g/mol. The molecule has 0 atom stereocenters. The van der Waals surface area contributed by atoms with Gasteiger partial charge in [0.2, 0.25) is 0 Å². The first-order valence-electron chi connectivity index (χ1n) is 5.48. The third kappa shape index (κ3) is 3.00. The van der Waals surface area contributed by atoms with Crippen LogP contribution in [0.25, 0.3) is 0 Å². The molecule has 5 nitrogen and oxygen atoms in total. The summed E-state index contributed by atoms with van der Waals surface area (Å²) in [5.41, 5.74) is 0.638. The number of methoxy groups -OCH3 is 1. The molecule has 104 valence electrons. The molecule has 0 bridgehead atoms. The van der Waals surface area contributed by atoms with E-state index in [1.54, 1.807) is 11.4 Å². The van der Waals surface area contributed by atoms with Crippen molar-refractivity contribution < 1.29 is 19.4 Å². The van der Waals surface area contributed by atoms with Crippen molar-refractivity contribution in [2.75, 3.05) is 12.4 Å². The van der Waals surface area contributed by atoms with Crippen molar-refractivity contribution in [1.82, 2.24) is 0 Å². The fourth-order valence-electron chi connectivity index (χ4n) is 1.55. The van der Waals surface area contributed by atoms with E-state index in [0.717, 1.165) is 0 Å². The summed E-state index contributed by atoms with van der Waals surface area (Å²) in [5.74, 6) is -0.824. The molecule has 2 aromatic rings. The quantitative estimate of drug-likeness (QED) is 0.880. The number of anilines is 1. The molecule has 0 spiro atoms. The summed E-state index contributed by atoms with van der Waals surface area (Å²) < 4.78 is 5.59. The highest BCUT2D eigenvalue weighted by Crippen LogP contribution is 2.28. The number of benzene rings is 1. The zero-order chi connectivity index (χ0) is 14.7. The van der Waals surface area contributed by atoms with Crippen molar-refractivity contribution in [2.24, 2.45) is 0 Å². The maximum absolute atomic E-state index is 12.1. The fraction of sp³-hybridized carbons (Fsp3) is 0.0769. The number of rotatable bonds is 4. The number of aromatic carboxylic acids is 1. The van der Waals surface area contributed by atoms with Gasteiger partial charge in [0.25, 0.3) is 5.91 Å². The van der Waals surface area contributed by atoms with Crippen molar-refractivity contribution in [3.8, 4) is 5.75 Å². The van der Waals surface area contributed by atoms with Gasteiger partial charge in [-0.25, -0.2) is 4.79 Å². The lowest BCUT2D eigenvalue weighted by molar-refractivity contribution is 0.0696. The molecule has 1 heterocycles. The Balaban J connectivity index is 2.22. The van der Waals surface area contributed by atoms with Crippen LogP contribution in [-0.2, 0) is 0 Å². The summed E-state index contributed by atoms with van der Waals surface area (Å²) in [7, 11) is 1.50. The van der Waals surface area contributed by atoms with E-state index in [2.05, 4.69) is 21.2 Å². The van der Waals surface area contributed by atoms with E-state index in [0.29, 0.717) is 20.8 Å². The zero-order valence-corrected chi connectivity index (χ0v) is 12.7. The summed E-state index contributed by atoms with van der Waals surface area (Å²) in [6.45, 7) is 0. The van der Waals surface area contributed by atoms with Crippen molar-refractivity contribution in [3.63, 3.8) is 0 Å². The maximum Gasteiger partial charge on any atom is 0.335 e. The van der Waals surface area contributed by atoms with E-state index in [-0.39, 0.29) is 11.5 Å². The number of ether oxygens (including phenoxy) is 1. The minimum Gasteiger partial charge on any atom is -0.495 e. The van der Waals surface area contributed by atoms with E-state index < -0.39 is 5.97 Å². The molecular formula is C13H10BrNO4S. The van der Waals surface area contributed by atoms with Gasteiger partial charge in [-0.2, -0.15) is 0 Å². The number of hydrogen-bond acceptors (Lipinski definition) is 4. The molecule has 0 aliphatic rings. The Bertz CT molecular complexity index is 668. The van der Waals surface area contributed by atoms with Crippen LogP contribution in [0.2, 0.25) is 0 Å². The van der Waals surface area contributed by atoms with Gasteiger partial charge in [-0.3, -0.25) is 4.79 Å². The Morgan fingerprint density at radius 3 is 2.70 bits per heavy atom. The van der Waals surface area contributed by atoms with Crippen LogP contribution >= 0.6 is 27.3 Å².